The molecule has 0 unspecified atom stereocenters. The van der Waals surface area contributed by atoms with Crippen molar-refractivity contribution in [2.75, 3.05) is 4.90 Å². The van der Waals surface area contributed by atoms with Crippen LogP contribution in [0.3, 0.4) is 0 Å². The maximum atomic E-state index is 2.48. The van der Waals surface area contributed by atoms with Crippen LogP contribution in [0.2, 0.25) is 0 Å². The molecule has 0 saturated heterocycles. The minimum atomic E-state index is -0.118. The van der Waals surface area contributed by atoms with Gasteiger partial charge in [-0.15, -0.1) is 0 Å². The van der Waals surface area contributed by atoms with E-state index in [1.807, 2.05) is 0 Å². The topological polar surface area (TPSA) is 3.24 Å². The van der Waals surface area contributed by atoms with E-state index >= 15 is 0 Å². The van der Waals surface area contributed by atoms with Gasteiger partial charge in [0.2, 0.25) is 0 Å². The second-order valence-corrected chi connectivity index (χ2v) is 14.1. The first-order valence-corrected chi connectivity index (χ1v) is 17.5. The summed E-state index contributed by atoms with van der Waals surface area (Å²) in [5.41, 5.74) is 11.1. The fourth-order valence-electron chi connectivity index (χ4n) is 8.63. The summed E-state index contributed by atoms with van der Waals surface area (Å²) in [4.78, 5) is 2.48. The second-order valence-electron chi connectivity index (χ2n) is 14.1. The molecule has 0 fully saturated rings. The number of benzene rings is 9. The molecule has 0 aliphatic heterocycles. The van der Waals surface area contributed by atoms with Crippen LogP contribution in [0.5, 0.6) is 0 Å². The van der Waals surface area contributed by atoms with Crippen molar-refractivity contribution in [1.29, 1.82) is 0 Å². The highest BCUT2D eigenvalue weighted by Gasteiger charge is 2.35. The molecule has 0 radical (unpaired) electrons. The molecule has 10 rings (SSSR count). The van der Waals surface area contributed by atoms with E-state index in [1.54, 1.807) is 0 Å². The Balaban J connectivity index is 1.29. The van der Waals surface area contributed by atoms with E-state index in [-0.39, 0.29) is 5.41 Å². The molecular weight excluding hydrogens is 603 g/mol. The Hall–Kier alpha value is -6.18. The van der Waals surface area contributed by atoms with Gasteiger partial charge in [0.05, 0.1) is 5.69 Å². The average molecular weight is 638 g/mol. The lowest BCUT2D eigenvalue weighted by molar-refractivity contribution is 0.645. The summed E-state index contributed by atoms with van der Waals surface area (Å²) in [5.74, 6) is 0. The maximum Gasteiger partial charge on any atom is 0.0546 e. The lowest BCUT2D eigenvalue weighted by atomic mass is 9.68. The van der Waals surface area contributed by atoms with Gasteiger partial charge in [0.15, 0.2) is 0 Å². The zero-order valence-corrected chi connectivity index (χ0v) is 28.2. The monoisotopic (exact) mass is 637 g/mol. The molecule has 236 valence electrons. The van der Waals surface area contributed by atoms with E-state index in [2.05, 4.69) is 195 Å². The van der Waals surface area contributed by atoms with E-state index < -0.39 is 0 Å². The van der Waals surface area contributed by atoms with Crippen molar-refractivity contribution in [3.63, 3.8) is 0 Å². The highest BCUT2D eigenvalue weighted by molar-refractivity contribution is 6.26. The van der Waals surface area contributed by atoms with E-state index in [1.165, 1.54) is 82.2 Å². The third-order valence-electron chi connectivity index (χ3n) is 11.0. The third-order valence-corrected chi connectivity index (χ3v) is 11.0. The summed E-state index contributed by atoms with van der Waals surface area (Å²) in [6.45, 7) is 4.74. The molecule has 0 spiro atoms. The molecule has 0 aromatic heterocycles. The van der Waals surface area contributed by atoms with Crippen molar-refractivity contribution in [2.24, 2.45) is 0 Å². The van der Waals surface area contributed by atoms with Crippen LogP contribution in [0.15, 0.2) is 176 Å². The standard InChI is InChI=1S/C49H35N/c1-49(2)44-21-11-10-20-42(44)48-46(30-25-34-15-12-22-45(49)47(34)48)50(35-26-23-33(24-27-35)32-13-4-3-5-14-32)36-28-29-41-39-18-7-6-16-37(39)38-17-8-9-19-40(38)43(41)31-36/h3-31H,1-2H3. The average Bonchev–Trinajstić information content (AvgIpc) is 3.18. The quantitative estimate of drug-likeness (QED) is 0.174. The Morgan fingerprint density at radius 2 is 0.960 bits per heavy atom. The van der Waals surface area contributed by atoms with Gasteiger partial charge in [-0.05, 0) is 101 Å². The fraction of sp³-hybridized carbons (Fsp3) is 0.0612. The number of fused-ring (bicyclic) bond motifs is 8. The summed E-state index contributed by atoms with van der Waals surface area (Å²) in [7, 11) is 0. The van der Waals surface area contributed by atoms with Crippen molar-refractivity contribution in [1.82, 2.24) is 0 Å². The van der Waals surface area contributed by atoms with E-state index in [0.29, 0.717) is 0 Å². The van der Waals surface area contributed by atoms with Crippen LogP contribution in [-0.4, -0.2) is 0 Å². The SMILES string of the molecule is CC1(C)c2ccccc2-c2c(N(c3ccc(-c4ccccc4)cc3)c3ccc4c5ccccc5c5ccccc5c4c3)ccc3cccc1c23. The molecule has 0 N–H and O–H groups in total. The van der Waals surface area contributed by atoms with Gasteiger partial charge in [0.1, 0.15) is 0 Å². The summed E-state index contributed by atoms with van der Waals surface area (Å²) in [6, 6.07) is 65.0. The minimum Gasteiger partial charge on any atom is -0.310 e. The van der Waals surface area contributed by atoms with Gasteiger partial charge in [-0.3, -0.25) is 0 Å². The lowest BCUT2D eigenvalue weighted by Crippen LogP contribution is -2.24. The van der Waals surface area contributed by atoms with Gasteiger partial charge in [0, 0.05) is 22.4 Å². The van der Waals surface area contributed by atoms with Crippen LogP contribution in [0, 0.1) is 0 Å². The van der Waals surface area contributed by atoms with Crippen LogP contribution in [-0.2, 0) is 5.41 Å². The normalized spacial score (nSPS) is 13.2. The largest absolute Gasteiger partial charge is 0.310 e. The molecule has 1 nitrogen and oxygen atoms in total. The number of rotatable bonds is 4. The first-order valence-electron chi connectivity index (χ1n) is 17.5. The van der Waals surface area contributed by atoms with Crippen molar-refractivity contribution >= 4 is 60.2 Å². The molecule has 0 heterocycles. The van der Waals surface area contributed by atoms with Gasteiger partial charge >= 0.3 is 0 Å². The van der Waals surface area contributed by atoms with Gasteiger partial charge in [-0.25, -0.2) is 0 Å². The van der Waals surface area contributed by atoms with Crippen molar-refractivity contribution in [3.05, 3.63) is 187 Å². The molecule has 0 saturated carbocycles. The Morgan fingerprint density at radius 1 is 0.400 bits per heavy atom. The van der Waals surface area contributed by atoms with Crippen LogP contribution >= 0.6 is 0 Å². The summed E-state index contributed by atoms with van der Waals surface area (Å²) in [6.07, 6.45) is 0. The van der Waals surface area contributed by atoms with E-state index in [4.69, 9.17) is 0 Å². The molecule has 0 atom stereocenters. The number of hydrogen-bond acceptors (Lipinski definition) is 1. The molecule has 0 amide bonds. The van der Waals surface area contributed by atoms with Gasteiger partial charge in [0.25, 0.3) is 0 Å². The zero-order chi connectivity index (χ0) is 33.4. The summed E-state index contributed by atoms with van der Waals surface area (Å²) < 4.78 is 0. The molecule has 9 aromatic carbocycles. The van der Waals surface area contributed by atoms with Gasteiger partial charge < -0.3 is 4.90 Å². The van der Waals surface area contributed by atoms with Crippen molar-refractivity contribution < 1.29 is 0 Å². The molecule has 1 aliphatic carbocycles. The van der Waals surface area contributed by atoms with Crippen LogP contribution < -0.4 is 4.90 Å². The Labute approximate surface area is 292 Å². The Morgan fingerprint density at radius 3 is 1.68 bits per heavy atom. The maximum absolute atomic E-state index is 2.48. The van der Waals surface area contributed by atoms with E-state index in [0.717, 1.165) is 11.4 Å². The Kier molecular flexibility index (Phi) is 6.29. The molecule has 1 aliphatic rings. The number of hydrogen-bond donors (Lipinski definition) is 0. The smallest absolute Gasteiger partial charge is 0.0546 e. The third kappa shape index (κ3) is 4.20. The fourth-order valence-corrected chi connectivity index (χ4v) is 8.63. The molecule has 9 aromatic rings. The Bertz CT molecular complexity index is 2740. The number of nitrogens with zero attached hydrogens (tertiary/aromatic N) is 1. The van der Waals surface area contributed by atoms with Gasteiger partial charge in [-0.2, -0.15) is 0 Å². The van der Waals surface area contributed by atoms with Crippen LogP contribution in [0.1, 0.15) is 25.0 Å². The molecule has 50 heavy (non-hydrogen) atoms. The van der Waals surface area contributed by atoms with Gasteiger partial charge in [-0.1, -0.05) is 159 Å². The van der Waals surface area contributed by atoms with Crippen LogP contribution in [0.4, 0.5) is 17.1 Å². The van der Waals surface area contributed by atoms with Crippen molar-refractivity contribution in [3.8, 4) is 22.3 Å². The van der Waals surface area contributed by atoms with E-state index in [9.17, 15) is 0 Å². The van der Waals surface area contributed by atoms with Crippen molar-refractivity contribution in [2.45, 2.75) is 19.3 Å². The predicted molar refractivity (Wildman–Crippen MR) is 214 cm³/mol. The summed E-state index contributed by atoms with van der Waals surface area (Å²) in [5, 5.41) is 10.3. The lowest BCUT2D eigenvalue weighted by Gasteiger charge is -2.38. The highest BCUT2D eigenvalue weighted by Crippen LogP contribution is 2.54. The number of anilines is 3. The molecule has 0 bridgehead atoms. The minimum absolute atomic E-state index is 0.118. The zero-order valence-electron chi connectivity index (χ0n) is 28.2. The summed E-state index contributed by atoms with van der Waals surface area (Å²) >= 11 is 0. The first kappa shape index (κ1) is 28.8. The first-order chi connectivity index (χ1) is 24.6. The predicted octanol–water partition coefficient (Wildman–Crippen LogP) is 13.7. The molecular formula is C49H35N. The molecule has 1 heteroatoms. The second kappa shape index (κ2) is 10.9. The highest BCUT2D eigenvalue weighted by atomic mass is 15.1. The van der Waals surface area contributed by atoms with Crippen LogP contribution in [0.25, 0.3) is 65.3 Å².